The van der Waals surface area contributed by atoms with E-state index >= 15 is 0 Å². The Morgan fingerprint density at radius 1 is 1.33 bits per heavy atom. The maximum atomic E-state index is 11.9. The fourth-order valence-electron chi connectivity index (χ4n) is 2.34. The molecular formula is C13H17NO4. The van der Waals surface area contributed by atoms with E-state index in [9.17, 15) is 9.59 Å². The van der Waals surface area contributed by atoms with Gasteiger partial charge >= 0.3 is 5.97 Å². The van der Waals surface area contributed by atoms with Crippen LogP contribution < -0.4 is 5.32 Å². The summed E-state index contributed by atoms with van der Waals surface area (Å²) in [5.41, 5.74) is 0.812. The summed E-state index contributed by atoms with van der Waals surface area (Å²) < 4.78 is 5.12. The molecule has 1 heterocycles. The minimum absolute atomic E-state index is 0.0533. The van der Waals surface area contributed by atoms with Gasteiger partial charge in [-0.1, -0.05) is 0 Å². The first-order valence-corrected chi connectivity index (χ1v) is 6.15. The number of hydrogen-bond acceptors (Lipinski definition) is 3. The van der Waals surface area contributed by atoms with E-state index in [1.54, 1.807) is 6.07 Å². The molecule has 1 amide bonds. The molecule has 5 nitrogen and oxygen atoms in total. The van der Waals surface area contributed by atoms with E-state index in [2.05, 4.69) is 5.32 Å². The number of carbonyl (C=O) groups excluding carboxylic acids is 1. The van der Waals surface area contributed by atoms with Crippen molar-refractivity contribution in [2.45, 2.75) is 38.6 Å². The summed E-state index contributed by atoms with van der Waals surface area (Å²) >= 11 is 0. The molecule has 1 aliphatic rings. The molecule has 1 aliphatic carbocycles. The van der Waals surface area contributed by atoms with E-state index in [4.69, 9.17) is 9.52 Å². The molecule has 1 fully saturated rings. The summed E-state index contributed by atoms with van der Waals surface area (Å²) in [6.07, 6.45) is 4.16. The second-order valence-electron chi connectivity index (χ2n) is 4.79. The molecule has 1 aromatic heterocycles. The van der Waals surface area contributed by atoms with Crippen LogP contribution in [0.3, 0.4) is 0 Å². The van der Waals surface area contributed by atoms with Crippen LogP contribution in [0.25, 0.3) is 0 Å². The van der Waals surface area contributed by atoms with Gasteiger partial charge in [-0.2, -0.15) is 0 Å². The van der Waals surface area contributed by atoms with Crippen LogP contribution >= 0.6 is 0 Å². The number of amides is 1. The quantitative estimate of drug-likeness (QED) is 0.860. The highest BCUT2D eigenvalue weighted by Crippen LogP contribution is 2.24. The third kappa shape index (κ3) is 2.72. The molecule has 0 spiro atoms. The van der Waals surface area contributed by atoms with Crippen LogP contribution in [0.1, 0.15) is 41.8 Å². The number of hydrogen-bond donors (Lipinski definition) is 2. The lowest BCUT2D eigenvalue weighted by atomic mass is 9.86. The molecule has 98 valence electrons. The number of carboxylic acid groups (broad SMARTS) is 1. The molecule has 0 atom stereocenters. The Labute approximate surface area is 105 Å². The first-order chi connectivity index (χ1) is 8.58. The summed E-state index contributed by atoms with van der Waals surface area (Å²) in [5, 5.41) is 11.8. The Kier molecular flexibility index (Phi) is 3.69. The van der Waals surface area contributed by atoms with Crippen molar-refractivity contribution in [3.8, 4) is 0 Å². The Balaban J connectivity index is 1.87. The number of rotatable bonds is 3. The molecule has 0 aromatic carbocycles. The summed E-state index contributed by atoms with van der Waals surface area (Å²) in [6, 6.07) is 1.80. The van der Waals surface area contributed by atoms with E-state index in [0.29, 0.717) is 31.4 Å². The monoisotopic (exact) mass is 251 g/mol. The number of aryl methyl sites for hydroxylation is 1. The lowest BCUT2D eigenvalue weighted by Crippen LogP contribution is -2.38. The summed E-state index contributed by atoms with van der Waals surface area (Å²) in [7, 11) is 0. The molecule has 1 aromatic rings. The molecule has 2 N–H and O–H groups in total. The second kappa shape index (κ2) is 5.25. The van der Waals surface area contributed by atoms with Crippen LogP contribution in [-0.2, 0) is 4.79 Å². The van der Waals surface area contributed by atoms with Crippen LogP contribution in [0, 0.1) is 12.8 Å². The third-order valence-electron chi connectivity index (χ3n) is 3.48. The molecule has 2 rings (SSSR count). The maximum absolute atomic E-state index is 11.9. The van der Waals surface area contributed by atoms with Gasteiger partial charge in [0.1, 0.15) is 0 Å². The van der Waals surface area contributed by atoms with Gasteiger partial charge in [0.2, 0.25) is 0 Å². The standard InChI is InChI=1S/C13H17NO4/c1-8-6-7-18-11(8)12(15)14-10-4-2-9(3-5-10)13(16)17/h6-7,9-10H,2-5H2,1H3,(H,14,15)(H,16,17). The average Bonchev–Trinajstić information content (AvgIpc) is 2.76. The molecule has 1 saturated carbocycles. The van der Waals surface area contributed by atoms with Gasteiger partial charge in [0.05, 0.1) is 12.2 Å². The van der Waals surface area contributed by atoms with Gasteiger partial charge in [0.15, 0.2) is 5.76 Å². The van der Waals surface area contributed by atoms with Crippen molar-refractivity contribution >= 4 is 11.9 Å². The Morgan fingerprint density at radius 2 is 2.00 bits per heavy atom. The number of nitrogens with one attached hydrogen (secondary N) is 1. The van der Waals surface area contributed by atoms with Gasteiger partial charge in [0.25, 0.3) is 5.91 Å². The van der Waals surface area contributed by atoms with E-state index < -0.39 is 5.97 Å². The first kappa shape index (κ1) is 12.7. The summed E-state index contributed by atoms with van der Waals surface area (Å²) in [6.45, 7) is 1.82. The fourth-order valence-corrected chi connectivity index (χ4v) is 2.34. The van der Waals surface area contributed by atoms with Gasteiger partial charge in [-0.25, -0.2) is 0 Å². The first-order valence-electron chi connectivity index (χ1n) is 6.15. The molecule has 18 heavy (non-hydrogen) atoms. The Morgan fingerprint density at radius 3 is 2.50 bits per heavy atom. The van der Waals surface area contributed by atoms with E-state index in [1.807, 2.05) is 6.92 Å². The van der Waals surface area contributed by atoms with Crippen LogP contribution in [-0.4, -0.2) is 23.0 Å². The molecule has 5 heteroatoms. The average molecular weight is 251 g/mol. The molecule has 0 bridgehead atoms. The van der Waals surface area contributed by atoms with Gasteiger partial charge in [-0.15, -0.1) is 0 Å². The largest absolute Gasteiger partial charge is 0.481 e. The minimum Gasteiger partial charge on any atom is -0.481 e. The Hall–Kier alpha value is -1.78. The van der Waals surface area contributed by atoms with Crippen molar-refractivity contribution in [2.24, 2.45) is 5.92 Å². The minimum atomic E-state index is -0.735. The van der Waals surface area contributed by atoms with Gasteiger partial charge < -0.3 is 14.8 Å². The smallest absolute Gasteiger partial charge is 0.306 e. The molecule has 0 saturated heterocycles. The van der Waals surface area contributed by atoms with Gasteiger partial charge in [0, 0.05) is 11.6 Å². The van der Waals surface area contributed by atoms with E-state index in [1.165, 1.54) is 6.26 Å². The van der Waals surface area contributed by atoms with Crippen molar-refractivity contribution in [1.82, 2.24) is 5.32 Å². The lowest BCUT2D eigenvalue weighted by Gasteiger charge is -2.26. The number of carboxylic acids is 1. The third-order valence-corrected chi connectivity index (χ3v) is 3.48. The number of furan rings is 1. The predicted octanol–water partition coefficient (Wildman–Crippen LogP) is 1.96. The van der Waals surface area contributed by atoms with Gasteiger partial charge in [-0.05, 0) is 38.7 Å². The molecule has 0 radical (unpaired) electrons. The summed E-state index contributed by atoms with van der Waals surface area (Å²) in [4.78, 5) is 22.7. The van der Waals surface area contributed by atoms with Gasteiger partial charge in [-0.3, -0.25) is 9.59 Å². The zero-order valence-corrected chi connectivity index (χ0v) is 10.3. The SMILES string of the molecule is Cc1ccoc1C(=O)NC1CCC(C(=O)O)CC1. The van der Waals surface area contributed by atoms with Crippen molar-refractivity contribution in [3.63, 3.8) is 0 Å². The highest BCUT2D eigenvalue weighted by atomic mass is 16.4. The second-order valence-corrected chi connectivity index (χ2v) is 4.79. The van der Waals surface area contributed by atoms with Crippen LogP contribution in [0.15, 0.2) is 16.7 Å². The molecular weight excluding hydrogens is 234 g/mol. The zero-order chi connectivity index (χ0) is 13.1. The Bertz CT molecular complexity index is 444. The van der Waals surface area contributed by atoms with E-state index in [-0.39, 0.29) is 17.9 Å². The van der Waals surface area contributed by atoms with Crippen molar-refractivity contribution in [3.05, 3.63) is 23.7 Å². The summed E-state index contributed by atoms with van der Waals surface area (Å²) in [5.74, 6) is -0.864. The van der Waals surface area contributed by atoms with Crippen molar-refractivity contribution in [2.75, 3.05) is 0 Å². The predicted molar refractivity (Wildman–Crippen MR) is 64.3 cm³/mol. The van der Waals surface area contributed by atoms with Crippen LogP contribution in [0.4, 0.5) is 0 Å². The van der Waals surface area contributed by atoms with Crippen molar-refractivity contribution < 1.29 is 19.1 Å². The van der Waals surface area contributed by atoms with Crippen LogP contribution in [0.2, 0.25) is 0 Å². The van der Waals surface area contributed by atoms with Crippen molar-refractivity contribution in [1.29, 1.82) is 0 Å². The highest BCUT2D eigenvalue weighted by molar-refractivity contribution is 5.93. The van der Waals surface area contributed by atoms with E-state index in [0.717, 1.165) is 5.56 Å². The zero-order valence-electron chi connectivity index (χ0n) is 10.3. The molecule has 0 aliphatic heterocycles. The molecule has 0 unspecified atom stereocenters. The number of aliphatic carboxylic acids is 1. The maximum Gasteiger partial charge on any atom is 0.306 e. The number of carbonyl (C=O) groups is 2. The highest BCUT2D eigenvalue weighted by Gasteiger charge is 2.27. The topological polar surface area (TPSA) is 79.5 Å². The normalized spacial score (nSPS) is 23.6. The fraction of sp³-hybridized carbons (Fsp3) is 0.538. The lowest BCUT2D eigenvalue weighted by molar-refractivity contribution is -0.142. The van der Waals surface area contributed by atoms with Crippen LogP contribution in [0.5, 0.6) is 0 Å².